The molecular weight excluding hydrogens is 166 g/mol. The third-order valence-electron chi connectivity index (χ3n) is 2.16. The summed E-state index contributed by atoms with van der Waals surface area (Å²) < 4.78 is 0. The molecule has 0 radical (unpaired) electrons. The third kappa shape index (κ3) is 4.65. The van der Waals surface area contributed by atoms with Gasteiger partial charge in [-0.1, -0.05) is 33.1 Å². The van der Waals surface area contributed by atoms with Crippen molar-refractivity contribution >= 4 is 11.7 Å². The largest absolute Gasteiger partial charge is 0.363 e. The highest BCUT2D eigenvalue weighted by Gasteiger charge is 2.21. The highest BCUT2D eigenvalue weighted by Crippen LogP contribution is 2.15. The van der Waals surface area contributed by atoms with Gasteiger partial charge in [-0.3, -0.25) is 9.59 Å². The summed E-state index contributed by atoms with van der Waals surface area (Å²) in [6.45, 7) is 4.07. The Morgan fingerprint density at radius 2 is 1.77 bits per heavy atom. The number of unbranched alkanes of at least 4 members (excludes halogenated alkanes) is 1. The van der Waals surface area contributed by atoms with Crippen molar-refractivity contribution in [3.8, 4) is 0 Å². The Bertz CT molecular complexity index is 178. The highest BCUT2D eigenvalue weighted by molar-refractivity contribution is 6.36. The summed E-state index contributed by atoms with van der Waals surface area (Å²) in [4.78, 5) is 21.9. The first kappa shape index (κ1) is 12.1. The highest BCUT2D eigenvalue weighted by atomic mass is 16.2. The van der Waals surface area contributed by atoms with Crippen LogP contribution in [0.15, 0.2) is 0 Å². The molecule has 0 aliphatic carbocycles. The van der Waals surface area contributed by atoms with Gasteiger partial charge in [0.05, 0.1) is 0 Å². The second kappa shape index (κ2) is 6.63. The van der Waals surface area contributed by atoms with Crippen molar-refractivity contribution in [2.45, 2.75) is 46.0 Å². The number of carbonyl (C=O) groups is 2. The molecule has 0 fully saturated rings. The van der Waals surface area contributed by atoms with Crippen LogP contribution in [0.25, 0.3) is 0 Å². The van der Waals surface area contributed by atoms with Crippen LogP contribution in [0.5, 0.6) is 0 Å². The fraction of sp³-hybridized carbons (Fsp3) is 0.800. The van der Waals surface area contributed by atoms with Crippen molar-refractivity contribution in [1.29, 1.82) is 0 Å². The molecule has 0 aromatic carbocycles. The maximum atomic E-state index is 11.3. The number of ketones is 1. The first-order valence-electron chi connectivity index (χ1n) is 4.97. The molecule has 0 saturated heterocycles. The van der Waals surface area contributed by atoms with E-state index < -0.39 is 11.7 Å². The molecule has 0 saturated carbocycles. The molecule has 1 amide bonds. The number of amides is 1. The average molecular weight is 185 g/mol. The van der Waals surface area contributed by atoms with Crippen LogP contribution in [0.1, 0.15) is 46.0 Å². The van der Waals surface area contributed by atoms with Crippen LogP contribution in [0, 0.1) is 5.92 Å². The molecule has 1 unspecified atom stereocenters. The van der Waals surface area contributed by atoms with Gasteiger partial charge in [-0.15, -0.1) is 0 Å². The van der Waals surface area contributed by atoms with Crippen LogP contribution >= 0.6 is 0 Å². The molecule has 0 aromatic heterocycles. The molecular formula is C10H19NO2. The number of primary amides is 1. The van der Waals surface area contributed by atoms with E-state index in [0.717, 1.165) is 32.1 Å². The Morgan fingerprint density at radius 1 is 1.15 bits per heavy atom. The molecule has 0 bridgehead atoms. The lowest BCUT2D eigenvalue weighted by molar-refractivity contribution is -0.138. The minimum atomic E-state index is -0.783. The molecule has 3 nitrogen and oxygen atoms in total. The van der Waals surface area contributed by atoms with Crippen LogP contribution in [-0.4, -0.2) is 11.7 Å². The van der Waals surface area contributed by atoms with Gasteiger partial charge in [0.1, 0.15) is 0 Å². The van der Waals surface area contributed by atoms with E-state index in [4.69, 9.17) is 5.73 Å². The van der Waals surface area contributed by atoms with Crippen LogP contribution in [0.2, 0.25) is 0 Å². The fourth-order valence-electron chi connectivity index (χ4n) is 1.41. The zero-order valence-electron chi connectivity index (χ0n) is 8.51. The Morgan fingerprint density at radius 3 is 2.15 bits per heavy atom. The molecule has 0 heterocycles. The SMILES string of the molecule is CCCCC(CCC)C(=O)C(N)=O. The van der Waals surface area contributed by atoms with E-state index in [1.165, 1.54) is 0 Å². The minimum absolute atomic E-state index is 0.137. The Balaban J connectivity index is 4.06. The third-order valence-corrected chi connectivity index (χ3v) is 2.16. The van der Waals surface area contributed by atoms with E-state index in [0.29, 0.717) is 0 Å². The van der Waals surface area contributed by atoms with E-state index in [1.54, 1.807) is 0 Å². The topological polar surface area (TPSA) is 60.2 Å². The number of rotatable bonds is 7. The molecule has 76 valence electrons. The molecule has 0 aliphatic heterocycles. The number of carbonyl (C=O) groups excluding carboxylic acids is 2. The molecule has 0 aliphatic rings. The normalized spacial score (nSPS) is 12.5. The van der Waals surface area contributed by atoms with E-state index >= 15 is 0 Å². The molecule has 1 atom stereocenters. The second-order valence-corrected chi connectivity index (χ2v) is 3.36. The van der Waals surface area contributed by atoms with E-state index in [9.17, 15) is 9.59 Å². The smallest absolute Gasteiger partial charge is 0.285 e. The molecule has 0 rings (SSSR count). The van der Waals surface area contributed by atoms with Crippen LogP contribution in [0.3, 0.4) is 0 Å². The Labute approximate surface area is 79.7 Å². The summed E-state index contributed by atoms with van der Waals surface area (Å²) in [5.41, 5.74) is 4.95. The van der Waals surface area contributed by atoms with Crippen molar-refractivity contribution < 1.29 is 9.59 Å². The van der Waals surface area contributed by atoms with Gasteiger partial charge in [0.2, 0.25) is 5.78 Å². The fourth-order valence-corrected chi connectivity index (χ4v) is 1.41. The standard InChI is InChI=1S/C10H19NO2/c1-3-5-7-8(6-4-2)9(12)10(11)13/h8H,3-7H2,1-2H3,(H2,11,13). The van der Waals surface area contributed by atoms with Gasteiger partial charge in [0.25, 0.3) is 5.91 Å². The van der Waals surface area contributed by atoms with Crippen molar-refractivity contribution in [3.63, 3.8) is 0 Å². The lowest BCUT2D eigenvalue weighted by Crippen LogP contribution is -2.30. The van der Waals surface area contributed by atoms with Crippen LogP contribution in [0.4, 0.5) is 0 Å². The number of hydrogen-bond acceptors (Lipinski definition) is 2. The summed E-state index contributed by atoms with van der Waals surface area (Å²) in [5.74, 6) is -1.31. The molecule has 0 spiro atoms. The van der Waals surface area contributed by atoms with Gasteiger partial charge in [-0.25, -0.2) is 0 Å². The molecule has 2 N–H and O–H groups in total. The van der Waals surface area contributed by atoms with Crippen molar-refractivity contribution in [2.75, 3.05) is 0 Å². The van der Waals surface area contributed by atoms with Crippen molar-refractivity contribution in [3.05, 3.63) is 0 Å². The van der Waals surface area contributed by atoms with E-state index in [-0.39, 0.29) is 5.92 Å². The first-order valence-corrected chi connectivity index (χ1v) is 4.97. The quantitative estimate of drug-likeness (QED) is 0.613. The van der Waals surface area contributed by atoms with Crippen LogP contribution < -0.4 is 5.73 Å². The van der Waals surface area contributed by atoms with Crippen molar-refractivity contribution in [1.82, 2.24) is 0 Å². The first-order chi connectivity index (χ1) is 6.13. The Kier molecular flexibility index (Phi) is 6.20. The van der Waals surface area contributed by atoms with Gasteiger partial charge in [0.15, 0.2) is 0 Å². The van der Waals surface area contributed by atoms with Crippen molar-refractivity contribution in [2.24, 2.45) is 11.7 Å². The predicted molar refractivity (Wildman–Crippen MR) is 52.1 cm³/mol. The van der Waals surface area contributed by atoms with Gasteiger partial charge in [-0.05, 0) is 12.8 Å². The maximum Gasteiger partial charge on any atom is 0.285 e. The second-order valence-electron chi connectivity index (χ2n) is 3.36. The van der Waals surface area contributed by atoms with E-state index in [1.807, 2.05) is 6.92 Å². The summed E-state index contributed by atoms with van der Waals surface area (Å²) >= 11 is 0. The summed E-state index contributed by atoms with van der Waals surface area (Å²) in [7, 11) is 0. The Hall–Kier alpha value is -0.860. The predicted octanol–water partition coefficient (Wildman–Crippen LogP) is 1.65. The minimum Gasteiger partial charge on any atom is -0.363 e. The molecule has 13 heavy (non-hydrogen) atoms. The van der Waals surface area contributed by atoms with E-state index in [2.05, 4.69) is 6.92 Å². The summed E-state index contributed by atoms with van der Waals surface area (Å²) in [5, 5.41) is 0. The van der Waals surface area contributed by atoms with Gasteiger partial charge >= 0.3 is 0 Å². The summed E-state index contributed by atoms with van der Waals surface area (Å²) in [6, 6.07) is 0. The van der Waals surface area contributed by atoms with Gasteiger partial charge in [-0.2, -0.15) is 0 Å². The van der Waals surface area contributed by atoms with Crippen LogP contribution in [-0.2, 0) is 9.59 Å². The van der Waals surface area contributed by atoms with Gasteiger partial charge < -0.3 is 5.73 Å². The lowest BCUT2D eigenvalue weighted by Gasteiger charge is -2.11. The average Bonchev–Trinajstić information content (AvgIpc) is 2.11. The van der Waals surface area contributed by atoms with Gasteiger partial charge in [0, 0.05) is 5.92 Å². The zero-order valence-corrected chi connectivity index (χ0v) is 8.51. The number of nitrogens with two attached hydrogens (primary N) is 1. The zero-order chi connectivity index (χ0) is 10.3. The molecule has 3 heteroatoms. The number of hydrogen-bond donors (Lipinski definition) is 1. The monoisotopic (exact) mass is 185 g/mol. The lowest BCUT2D eigenvalue weighted by atomic mass is 9.92. The number of Topliss-reactive ketones (excluding diaryl/α,β-unsaturated/α-hetero) is 1. The maximum absolute atomic E-state index is 11.3. The summed E-state index contributed by atoms with van der Waals surface area (Å²) in [6.07, 6.45) is 4.54. The molecule has 0 aromatic rings.